The van der Waals surface area contributed by atoms with Crippen molar-refractivity contribution in [1.29, 1.82) is 0 Å². The molecule has 0 aliphatic carbocycles. The predicted molar refractivity (Wildman–Crippen MR) is 66.4 cm³/mol. The number of hydrogen-bond acceptors (Lipinski definition) is 1. The number of hydrogen-bond donors (Lipinski definition) is 1. The summed E-state index contributed by atoms with van der Waals surface area (Å²) in [6.45, 7) is 7.44. The average Bonchev–Trinajstić information content (AvgIpc) is 2.24. The molecule has 14 heavy (non-hydrogen) atoms. The van der Waals surface area contributed by atoms with E-state index in [0.717, 1.165) is 0 Å². The fraction of sp³-hybridized carbons (Fsp3) is 1.00. The van der Waals surface area contributed by atoms with Crippen molar-refractivity contribution in [2.24, 2.45) is 0 Å². The van der Waals surface area contributed by atoms with Crippen LogP contribution in [0.5, 0.6) is 0 Å². The number of rotatable bonds is 2. The molecule has 0 amide bonds. The topological polar surface area (TPSA) is 12.0 Å². The van der Waals surface area contributed by atoms with Gasteiger partial charge >= 0.3 is 97.8 Å². The molecule has 2 heteroatoms. The monoisotopic (exact) mass is 299 g/mol. The predicted octanol–water partition coefficient (Wildman–Crippen LogP) is 3.44. The summed E-state index contributed by atoms with van der Waals surface area (Å²) in [6.07, 6.45) is 7.42. The van der Waals surface area contributed by atoms with E-state index in [1.807, 2.05) is 0 Å². The standard InChI is InChI=1S/C10H21N.C2H5.In/c1-3-5-7-8-10-11-9-6-4-2;1-2;/h5,11H,2-4,6-10H2,1H3;1H2,2H3;. The van der Waals surface area contributed by atoms with Crippen LogP contribution in [0.4, 0.5) is 0 Å². The van der Waals surface area contributed by atoms with Gasteiger partial charge in [-0.1, -0.05) is 0 Å². The van der Waals surface area contributed by atoms with Crippen LogP contribution in [0.1, 0.15) is 46.0 Å². The van der Waals surface area contributed by atoms with Crippen LogP contribution >= 0.6 is 0 Å². The quantitative estimate of drug-likeness (QED) is 0.823. The molecule has 0 spiro atoms. The third-order valence-corrected chi connectivity index (χ3v) is 16.2. The van der Waals surface area contributed by atoms with Crippen molar-refractivity contribution in [1.82, 2.24) is 5.32 Å². The Hall–Kier alpha value is 0.830. The Balaban J connectivity index is 2.40. The van der Waals surface area contributed by atoms with Gasteiger partial charge in [-0.2, -0.15) is 0 Å². The molecule has 1 heterocycles. The second kappa shape index (κ2) is 8.04. The maximum atomic E-state index is 3.56. The van der Waals surface area contributed by atoms with Crippen LogP contribution in [0.25, 0.3) is 0 Å². The van der Waals surface area contributed by atoms with Crippen molar-refractivity contribution >= 4 is 21.4 Å². The van der Waals surface area contributed by atoms with Crippen molar-refractivity contribution in [3.8, 4) is 0 Å². The first kappa shape index (κ1) is 12.9. The third kappa shape index (κ3) is 4.57. The molecule has 82 valence electrons. The third-order valence-electron chi connectivity index (χ3n) is 3.82. The fourth-order valence-corrected chi connectivity index (χ4v) is 13.5. The van der Waals surface area contributed by atoms with Crippen molar-refractivity contribution in [3.05, 3.63) is 0 Å². The minimum absolute atomic E-state index is 1.08. The van der Waals surface area contributed by atoms with Gasteiger partial charge in [0, 0.05) is 0 Å². The molecule has 1 aliphatic rings. The van der Waals surface area contributed by atoms with Gasteiger partial charge in [-0.25, -0.2) is 0 Å². The van der Waals surface area contributed by atoms with Crippen LogP contribution in [-0.2, 0) is 0 Å². The molecule has 1 saturated heterocycles. The van der Waals surface area contributed by atoms with E-state index >= 15 is 0 Å². The Morgan fingerprint density at radius 2 is 1.93 bits per heavy atom. The molecule has 0 radical (unpaired) electrons. The van der Waals surface area contributed by atoms with Crippen molar-refractivity contribution in [2.45, 2.75) is 58.0 Å². The first-order chi connectivity index (χ1) is 6.88. The van der Waals surface area contributed by atoms with Gasteiger partial charge in [-0.05, 0) is 0 Å². The van der Waals surface area contributed by atoms with E-state index in [1.165, 1.54) is 48.9 Å². The SMILES string of the molecule is CC[CH]1CCCNCCC[CH2][In]1[CH2]C. The van der Waals surface area contributed by atoms with E-state index < -0.39 is 21.4 Å². The molecule has 1 unspecified atom stereocenters. The van der Waals surface area contributed by atoms with E-state index in [2.05, 4.69) is 19.2 Å². The summed E-state index contributed by atoms with van der Waals surface area (Å²) in [6, 6.07) is 0. The van der Waals surface area contributed by atoms with Crippen molar-refractivity contribution in [3.63, 3.8) is 0 Å². The Bertz CT molecular complexity index is 122. The van der Waals surface area contributed by atoms with Crippen LogP contribution in [0.2, 0.25) is 12.0 Å². The van der Waals surface area contributed by atoms with E-state index in [-0.39, 0.29) is 0 Å². The van der Waals surface area contributed by atoms with Crippen LogP contribution in [0.15, 0.2) is 0 Å². The van der Waals surface area contributed by atoms with E-state index in [4.69, 9.17) is 0 Å². The Labute approximate surface area is 97.6 Å². The minimum atomic E-state index is -1.08. The summed E-state index contributed by atoms with van der Waals surface area (Å²) < 4.78 is 4.49. The summed E-state index contributed by atoms with van der Waals surface area (Å²) in [5.41, 5.74) is 0. The van der Waals surface area contributed by atoms with Gasteiger partial charge in [0.1, 0.15) is 0 Å². The molecule has 1 N–H and O–H groups in total. The molecule has 0 bridgehead atoms. The zero-order valence-electron chi connectivity index (χ0n) is 10.0. The van der Waals surface area contributed by atoms with Gasteiger partial charge < -0.3 is 0 Å². The maximum absolute atomic E-state index is 3.56. The van der Waals surface area contributed by atoms with Crippen LogP contribution < -0.4 is 5.32 Å². The first-order valence-corrected chi connectivity index (χ1v) is 13.2. The molecule has 1 aliphatic heterocycles. The van der Waals surface area contributed by atoms with Crippen LogP contribution in [-0.4, -0.2) is 34.5 Å². The van der Waals surface area contributed by atoms with Gasteiger partial charge in [0.2, 0.25) is 0 Å². The van der Waals surface area contributed by atoms with Gasteiger partial charge in [0.15, 0.2) is 0 Å². The first-order valence-electron chi connectivity index (χ1n) is 6.59. The summed E-state index contributed by atoms with van der Waals surface area (Å²) in [7, 11) is 0. The summed E-state index contributed by atoms with van der Waals surface area (Å²) in [5, 5.41) is 3.56. The van der Waals surface area contributed by atoms with E-state index in [0.29, 0.717) is 0 Å². The summed E-state index contributed by atoms with van der Waals surface area (Å²) >= 11 is -1.08. The van der Waals surface area contributed by atoms with Gasteiger partial charge in [0.25, 0.3) is 0 Å². The van der Waals surface area contributed by atoms with Gasteiger partial charge in [-0.3, -0.25) is 0 Å². The molecular formula is C12H26InN. The van der Waals surface area contributed by atoms with Gasteiger partial charge in [0.05, 0.1) is 0 Å². The Morgan fingerprint density at radius 1 is 1.14 bits per heavy atom. The zero-order chi connectivity index (χ0) is 10.2. The Kier molecular flexibility index (Phi) is 7.40. The van der Waals surface area contributed by atoms with Crippen LogP contribution in [0, 0.1) is 0 Å². The average molecular weight is 299 g/mol. The molecule has 0 saturated carbocycles. The van der Waals surface area contributed by atoms with Crippen LogP contribution in [0.3, 0.4) is 0 Å². The Morgan fingerprint density at radius 3 is 2.64 bits per heavy atom. The normalized spacial score (nSPS) is 26.1. The summed E-state index contributed by atoms with van der Waals surface area (Å²) in [4.78, 5) is 0. The second-order valence-corrected chi connectivity index (χ2v) is 15.7. The molecule has 1 fully saturated rings. The molecule has 1 atom stereocenters. The van der Waals surface area contributed by atoms with Gasteiger partial charge in [-0.15, -0.1) is 0 Å². The zero-order valence-corrected chi connectivity index (χ0v) is 13.3. The molecule has 0 aromatic heterocycles. The van der Waals surface area contributed by atoms with E-state index in [9.17, 15) is 0 Å². The fourth-order valence-electron chi connectivity index (χ4n) is 2.82. The molecule has 1 nitrogen and oxygen atoms in total. The second-order valence-electron chi connectivity index (χ2n) is 4.72. The molecular weight excluding hydrogens is 273 g/mol. The van der Waals surface area contributed by atoms with Crippen molar-refractivity contribution < 1.29 is 0 Å². The molecule has 1 rings (SSSR count). The van der Waals surface area contributed by atoms with Crippen molar-refractivity contribution in [2.75, 3.05) is 13.1 Å². The number of nitrogens with one attached hydrogen (secondary N) is 1. The molecule has 0 aromatic rings. The molecule has 0 aromatic carbocycles. The summed E-state index contributed by atoms with van der Waals surface area (Å²) in [5.74, 6) is 0. The van der Waals surface area contributed by atoms with E-state index in [1.54, 1.807) is 8.35 Å².